The van der Waals surface area contributed by atoms with Crippen LogP contribution in [-0.2, 0) is 19.4 Å². The van der Waals surface area contributed by atoms with Crippen molar-refractivity contribution >= 4 is 38.2 Å². The molecule has 0 aliphatic carbocycles. The van der Waals surface area contributed by atoms with Crippen LogP contribution in [0.4, 0.5) is 5.13 Å². The first-order valence-electron chi connectivity index (χ1n) is 6.50. The third-order valence-corrected chi connectivity index (χ3v) is 5.79. The predicted molar refractivity (Wildman–Crippen MR) is 84.9 cm³/mol. The quantitative estimate of drug-likeness (QED) is 0.594. The normalized spacial score (nSPS) is 12.5. The number of rotatable bonds is 7. The minimum Gasteiger partial charge on any atom is -0.462 e. The van der Waals surface area contributed by atoms with Crippen molar-refractivity contribution in [1.82, 2.24) is 4.98 Å². The fourth-order valence-corrected chi connectivity index (χ4v) is 3.38. The van der Waals surface area contributed by atoms with Gasteiger partial charge in [0.25, 0.3) is 0 Å². The van der Waals surface area contributed by atoms with Crippen LogP contribution in [0.15, 0.2) is 12.7 Å². The Balaban J connectivity index is 2.88. The van der Waals surface area contributed by atoms with Gasteiger partial charge in [0.05, 0.1) is 18.1 Å². The third-order valence-electron chi connectivity index (χ3n) is 2.75. The van der Waals surface area contributed by atoms with Gasteiger partial charge in [0, 0.05) is 0 Å². The van der Waals surface area contributed by atoms with Gasteiger partial charge in [0.2, 0.25) is 5.91 Å². The molecule has 1 aromatic rings. The van der Waals surface area contributed by atoms with Crippen molar-refractivity contribution in [1.29, 1.82) is 0 Å². The Hall–Kier alpha value is -1.74. The molecule has 0 fully saturated rings. The highest BCUT2D eigenvalue weighted by Crippen LogP contribution is 2.24. The second-order valence-corrected chi connectivity index (χ2v) is 7.77. The maximum atomic E-state index is 12.0. The van der Waals surface area contributed by atoms with Gasteiger partial charge in [0.1, 0.15) is 10.1 Å². The van der Waals surface area contributed by atoms with E-state index in [0.29, 0.717) is 5.69 Å². The van der Waals surface area contributed by atoms with Crippen molar-refractivity contribution in [2.75, 3.05) is 17.7 Å². The van der Waals surface area contributed by atoms with Crippen LogP contribution in [-0.4, -0.2) is 42.9 Å². The number of hydrogen-bond acceptors (Lipinski definition) is 7. The molecule has 0 saturated carbocycles. The van der Waals surface area contributed by atoms with Gasteiger partial charge in [-0.15, -0.1) is 6.58 Å². The van der Waals surface area contributed by atoms with E-state index in [0.717, 1.165) is 11.3 Å². The summed E-state index contributed by atoms with van der Waals surface area (Å²) in [6.45, 7) is 8.17. The predicted octanol–water partition coefficient (Wildman–Crippen LogP) is 1.56. The highest BCUT2D eigenvalue weighted by atomic mass is 32.2. The van der Waals surface area contributed by atoms with Crippen LogP contribution in [0, 0.1) is 6.92 Å². The van der Waals surface area contributed by atoms with Crippen LogP contribution < -0.4 is 5.32 Å². The molecule has 0 radical (unpaired) electrons. The Labute approximate surface area is 133 Å². The summed E-state index contributed by atoms with van der Waals surface area (Å²) in [4.78, 5) is 28.0. The summed E-state index contributed by atoms with van der Waals surface area (Å²) in [7, 11) is -3.60. The lowest BCUT2D eigenvalue weighted by Crippen LogP contribution is -2.33. The molecular weight excluding hydrogens is 328 g/mol. The second-order valence-electron chi connectivity index (χ2n) is 4.40. The largest absolute Gasteiger partial charge is 0.462 e. The van der Waals surface area contributed by atoms with Gasteiger partial charge in [-0.1, -0.05) is 17.4 Å². The molecule has 7 nitrogen and oxygen atoms in total. The van der Waals surface area contributed by atoms with E-state index in [-0.39, 0.29) is 22.4 Å². The van der Waals surface area contributed by atoms with E-state index in [1.54, 1.807) is 13.8 Å². The minimum atomic E-state index is -3.60. The van der Waals surface area contributed by atoms with E-state index in [9.17, 15) is 18.0 Å². The number of anilines is 1. The molecule has 1 rings (SSSR count). The van der Waals surface area contributed by atoms with Gasteiger partial charge in [-0.2, -0.15) is 0 Å². The van der Waals surface area contributed by atoms with Crippen molar-refractivity contribution in [3.63, 3.8) is 0 Å². The highest BCUT2D eigenvalue weighted by Gasteiger charge is 2.28. The molecule has 1 atom stereocenters. The number of hydrogen-bond donors (Lipinski definition) is 1. The first-order chi connectivity index (χ1) is 10.2. The van der Waals surface area contributed by atoms with Gasteiger partial charge in [-0.25, -0.2) is 18.2 Å². The number of sulfone groups is 1. The Morgan fingerprint density at radius 3 is 2.68 bits per heavy atom. The SMILES string of the molecule is C=CCS(=O)(=O)C(C)C(=O)Nc1nc(C)c(C(=O)OCC)s1. The lowest BCUT2D eigenvalue weighted by molar-refractivity contribution is -0.115. The lowest BCUT2D eigenvalue weighted by Gasteiger charge is -2.10. The molecule has 1 aromatic heterocycles. The standard InChI is InChI=1S/C13H18N2O5S2/c1-5-7-22(18,19)9(4)11(16)15-13-14-8(3)10(21-13)12(17)20-6-2/h5,9H,1,6-7H2,2-4H3,(H,14,15,16). The van der Waals surface area contributed by atoms with Crippen molar-refractivity contribution in [2.45, 2.75) is 26.0 Å². The zero-order chi connectivity index (χ0) is 16.9. The summed E-state index contributed by atoms with van der Waals surface area (Å²) in [6.07, 6.45) is 1.23. The third kappa shape index (κ3) is 4.38. The van der Waals surface area contributed by atoms with Gasteiger partial charge in [-0.05, 0) is 20.8 Å². The first-order valence-corrected chi connectivity index (χ1v) is 9.04. The number of nitrogens with one attached hydrogen (secondary N) is 1. The Kier molecular flexibility index (Phi) is 6.24. The van der Waals surface area contributed by atoms with Gasteiger partial charge >= 0.3 is 5.97 Å². The molecule has 0 saturated heterocycles. The number of carbonyl (C=O) groups is 2. The van der Waals surface area contributed by atoms with Crippen LogP contribution in [0.2, 0.25) is 0 Å². The molecule has 1 heterocycles. The summed E-state index contributed by atoms with van der Waals surface area (Å²) in [6, 6.07) is 0. The average molecular weight is 346 g/mol. The summed E-state index contributed by atoms with van der Waals surface area (Å²) in [5.41, 5.74) is 0.417. The number of aryl methyl sites for hydroxylation is 1. The topological polar surface area (TPSA) is 102 Å². The number of thiazole rings is 1. The molecule has 0 bridgehead atoms. The number of nitrogens with zero attached hydrogens (tertiary/aromatic N) is 1. The van der Waals surface area contributed by atoms with Gasteiger partial charge in [0.15, 0.2) is 15.0 Å². The molecular formula is C13H18N2O5S2. The van der Waals surface area contributed by atoms with Crippen molar-refractivity contribution in [3.8, 4) is 0 Å². The van der Waals surface area contributed by atoms with E-state index in [4.69, 9.17) is 4.74 Å². The van der Waals surface area contributed by atoms with Crippen LogP contribution in [0.25, 0.3) is 0 Å². The van der Waals surface area contributed by atoms with E-state index < -0.39 is 27.0 Å². The maximum absolute atomic E-state index is 12.0. The first kappa shape index (κ1) is 18.3. The van der Waals surface area contributed by atoms with E-state index in [2.05, 4.69) is 16.9 Å². The van der Waals surface area contributed by atoms with E-state index >= 15 is 0 Å². The molecule has 0 aliphatic rings. The van der Waals surface area contributed by atoms with Crippen molar-refractivity contribution in [3.05, 3.63) is 23.2 Å². The Morgan fingerprint density at radius 1 is 1.50 bits per heavy atom. The summed E-state index contributed by atoms with van der Waals surface area (Å²) in [5.74, 6) is -1.51. The number of carbonyl (C=O) groups excluding carboxylic acids is 2. The number of ether oxygens (including phenoxy) is 1. The molecule has 0 aromatic carbocycles. The molecule has 122 valence electrons. The zero-order valence-electron chi connectivity index (χ0n) is 12.6. The number of amides is 1. The number of aromatic nitrogens is 1. The average Bonchev–Trinajstić information content (AvgIpc) is 2.78. The van der Waals surface area contributed by atoms with Gasteiger partial charge < -0.3 is 10.1 Å². The molecule has 1 unspecified atom stereocenters. The summed E-state index contributed by atoms with van der Waals surface area (Å²) < 4.78 is 28.5. The molecule has 0 spiro atoms. The number of esters is 1. The van der Waals surface area contributed by atoms with E-state index in [1.807, 2.05) is 0 Å². The molecule has 22 heavy (non-hydrogen) atoms. The van der Waals surface area contributed by atoms with Crippen LogP contribution in [0.3, 0.4) is 0 Å². The molecule has 1 N–H and O–H groups in total. The molecule has 0 aliphatic heterocycles. The molecule has 1 amide bonds. The second kappa shape index (κ2) is 7.50. The zero-order valence-corrected chi connectivity index (χ0v) is 14.2. The Bertz CT molecular complexity index is 679. The molecule has 9 heteroatoms. The van der Waals surface area contributed by atoms with E-state index in [1.165, 1.54) is 13.0 Å². The lowest BCUT2D eigenvalue weighted by atomic mass is 10.4. The fraction of sp³-hybridized carbons (Fsp3) is 0.462. The minimum absolute atomic E-state index is 0.159. The highest BCUT2D eigenvalue weighted by molar-refractivity contribution is 7.92. The summed E-state index contributed by atoms with van der Waals surface area (Å²) >= 11 is 0.945. The van der Waals surface area contributed by atoms with Crippen LogP contribution in [0.1, 0.15) is 29.2 Å². The van der Waals surface area contributed by atoms with Crippen LogP contribution >= 0.6 is 11.3 Å². The summed E-state index contributed by atoms with van der Waals surface area (Å²) in [5, 5.41) is 1.33. The fourth-order valence-electron chi connectivity index (χ4n) is 1.51. The Morgan fingerprint density at radius 2 is 2.14 bits per heavy atom. The van der Waals surface area contributed by atoms with Crippen LogP contribution in [0.5, 0.6) is 0 Å². The van der Waals surface area contributed by atoms with Crippen molar-refractivity contribution < 1.29 is 22.7 Å². The smallest absolute Gasteiger partial charge is 0.350 e. The maximum Gasteiger partial charge on any atom is 0.350 e. The monoisotopic (exact) mass is 346 g/mol. The van der Waals surface area contributed by atoms with Gasteiger partial charge in [-0.3, -0.25) is 4.79 Å². The van der Waals surface area contributed by atoms with Crippen molar-refractivity contribution in [2.24, 2.45) is 0 Å².